The molecule has 1 aromatic carbocycles. The van der Waals surface area contributed by atoms with Gasteiger partial charge in [0.15, 0.2) is 0 Å². The number of nitrogens with one attached hydrogen (secondary N) is 1. The van der Waals surface area contributed by atoms with Gasteiger partial charge in [0.2, 0.25) is 0 Å². The third-order valence-electron chi connectivity index (χ3n) is 5.60. The fourth-order valence-corrected chi connectivity index (χ4v) is 5.74. The highest BCUT2D eigenvalue weighted by Gasteiger charge is 2.44. The number of para-hydroxylation sites is 2. The van der Waals surface area contributed by atoms with Gasteiger partial charge in [-0.05, 0) is 43.1 Å². The Morgan fingerprint density at radius 1 is 1.39 bits per heavy atom. The number of hydrogen-bond acceptors (Lipinski definition) is 6. The van der Waals surface area contributed by atoms with E-state index in [2.05, 4.69) is 21.7 Å². The van der Waals surface area contributed by atoms with Gasteiger partial charge in [0, 0.05) is 11.3 Å². The largest absolute Gasteiger partial charge is 0.494 e. The van der Waals surface area contributed by atoms with E-state index in [0.29, 0.717) is 0 Å². The maximum Gasteiger partial charge on any atom is 0.144 e. The zero-order valence-electron chi connectivity index (χ0n) is 15.5. The average Bonchev–Trinajstić information content (AvgIpc) is 3.35. The Labute approximate surface area is 172 Å². The number of hydrogen-bond donors (Lipinski definition) is 1. The minimum absolute atomic E-state index is 0.0732. The topological polar surface area (TPSA) is 61.2 Å². The molecule has 1 spiro atoms. The monoisotopic (exact) mass is 416 g/mol. The second-order valence-corrected chi connectivity index (χ2v) is 8.90. The summed E-state index contributed by atoms with van der Waals surface area (Å²) in [5.41, 5.74) is 2.83. The summed E-state index contributed by atoms with van der Waals surface area (Å²) in [7, 11) is 1.66. The van der Waals surface area contributed by atoms with Gasteiger partial charge in [-0.2, -0.15) is 0 Å². The van der Waals surface area contributed by atoms with Crippen LogP contribution in [0.2, 0.25) is 4.34 Å². The summed E-state index contributed by atoms with van der Waals surface area (Å²) < 4.78 is 14.4. The normalized spacial score (nSPS) is 24.3. The Balaban J connectivity index is 1.45. The Hall–Kier alpha value is -1.93. The number of thiophene rings is 1. The van der Waals surface area contributed by atoms with E-state index in [9.17, 15) is 0 Å². The molecule has 2 aliphatic heterocycles. The molecule has 0 saturated carbocycles. The lowest BCUT2D eigenvalue weighted by Crippen LogP contribution is -2.45. The predicted octanol–water partition coefficient (Wildman–Crippen LogP) is 3.88. The highest BCUT2D eigenvalue weighted by atomic mass is 35.5. The molecule has 2 atom stereocenters. The van der Waals surface area contributed by atoms with Crippen LogP contribution < -0.4 is 10.1 Å². The van der Waals surface area contributed by atoms with E-state index in [1.165, 1.54) is 10.4 Å². The van der Waals surface area contributed by atoms with Crippen molar-refractivity contribution in [3.8, 4) is 11.4 Å². The molecule has 2 aromatic heterocycles. The van der Waals surface area contributed by atoms with E-state index in [4.69, 9.17) is 21.1 Å². The summed E-state index contributed by atoms with van der Waals surface area (Å²) in [6.07, 6.45) is 4.66. The van der Waals surface area contributed by atoms with E-state index in [-0.39, 0.29) is 11.6 Å². The molecular weight excluding hydrogens is 396 g/mol. The lowest BCUT2D eigenvalue weighted by molar-refractivity contribution is -0.0871. The summed E-state index contributed by atoms with van der Waals surface area (Å²) in [6.45, 7) is 1.60. The fraction of sp³-hybridized carbons (Fsp3) is 0.400. The number of piperidine rings is 1. The Bertz CT molecular complexity index is 1000. The van der Waals surface area contributed by atoms with Crippen LogP contribution >= 0.6 is 22.9 Å². The molecular formula is C20H21ClN4O2S. The van der Waals surface area contributed by atoms with Crippen molar-refractivity contribution in [2.45, 2.75) is 30.9 Å². The number of benzene rings is 1. The van der Waals surface area contributed by atoms with E-state index in [1.807, 2.05) is 30.5 Å². The highest BCUT2D eigenvalue weighted by Crippen LogP contribution is 2.48. The molecule has 0 bridgehead atoms. The van der Waals surface area contributed by atoms with Crippen molar-refractivity contribution in [1.29, 1.82) is 0 Å². The molecule has 146 valence electrons. The van der Waals surface area contributed by atoms with Gasteiger partial charge in [0.05, 0.1) is 30.3 Å². The van der Waals surface area contributed by atoms with E-state index >= 15 is 0 Å². The maximum atomic E-state index is 6.36. The minimum atomic E-state index is -0.282. The van der Waals surface area contributed by atoms with Crippen LogP contribution in [0, 0.1) is 0 Å². The second kappa shape index (κ2) is 7.15. The van der Waals surface area contributed by atoms with Gasteiger partial charge in [-0.25, -0.2) is 4.68 Å². The van der Waals surface area contributed by atoms with Crippen LogP contribution in [0.4, 0.5) is 0 Å². The first-order chi connectivity index (χ1) is 13.7. The molecule has 0 radical (unpaired) electrons. The Kier molecular flexibility index (Phi) is 4.63. The van der Waals surface area contributed by atoms with Gasteiger partial charge in [-0.3, -0.25) is 0 Å². The third-order valence-corrected chi connectivity index (χ3v) is 7.09. The smallest absolute Gasteiger partial charge is 0.144 e. The van der Waals surface area contributed by atoms with Crippen molar-refractivity contribution in [2.75, 3.05) is 20.3 Å². The van der Waals surface area contributed by atoms with Crippen molar-refractivity contribution in [1.82, 2.24) is 20.3 Å². The summed E-state index contributed by atoms with van der Waals surface area (Å²) in [5.74, 6) is 0.764. The maximum absolute atomic E-state index is 6.36. The SMILES string of the molecule is COc1ccccc1-n1cc([C@@H]2C[C@]3(CCN2)OCCc2cc(Cl)sc23)nn1. The molecule has 0 aliphatic carbocycles. The van der Waals surface area contributed by atoms with Gasteiger partial charge in [-0.15, -0.1) is 16.4 Å². The summed E-state index contributed by atoms with van der Waals surface area (Å²) in [5, 5.41) is 12.4. The third kappa shape index (κ3) is 3.03. The number of ether oxygens (including phenoxy) is 2. The highest BCUT2D eigenvalue weighted by molar-refractivity contribution is 7.16. The molecule has 1 fully saturated rings. The van der Waals surface area contributed by atoms with Crippen molar-refractivity contribution in [3.05, 3.63) is 57.0 Å². The van der Waals surface area contributed by atoms with E-state index in [1.54, 1.807) is 23.1 Å². The van der Waals surface area contributed by atoms with Crippen molar-refractivity contribution in [3.63, 3.8) is 0 Å². The number of fused-ring (bicyclic) bond motifs is 2. The fourth-order valence-electron chi connectivity index (χ4n) is 4.26. The molecule has 1 saturated heterocycles. The van der Waals surface area contributed by atoms with Crippen LogP contribution in [-0.2, 0) is 16.8 Å². The standard InChI is InChI=1S/C20H21ClN4O2S/c1-26-17-5-3-2-4-16(17)25-12-15(23-24-25)14-11-20(7-8-22-14)19-13(6-9-27-20)10-18(21)28-19/h2-5,10,12,14,22H,6-9,11H2,1H3/t14-,20-/m0/s1. The summed E-state index contributed by atoms with van der Waals surface area (Å²) in [6, 6.07) is 9.96. The zero-order chi connectivity index (χ0) is 19.1. The van der Waals surface area contributed by atoms with Crippen LogP contribution in [0.15, 0.2) is 36.5 Å². The van der Waals surface area contributed by atoms with Crippen LogP contribution in [0.1, 0.15) is 35.0 Å². The summed E-state index contributed by atoms with van der Waals surface area (Å²) in [4.78, 5) is 1.28. The van der Waals surface area contributed by atoms with Crippen molar-refractivity contribution in [2.24, 2.45) is 0 Å². The lowest BCUT2D eigenvalue weighted by Gasteiger charge is -2.43. The number of rotatable bonds is 3. The molecule has 0 amide bonds. The minimum Gasteiger partial charge on any atom is -0.494 e. The number of methoxy groups -OCH3 is 1. The van der Waals surface area contributed by atoms with E-state index < -0.39 is 0 Å². The predicted molar refractivity (Wildman–Crippen MR) is 109 cm³/mol. The van der Waals surface area contributed by atoms with E-state index in [0.717, 1.165) is 53.9 Å². The molecule has 2 aliphatic rings. The average molecular weight is 417 g/mol. The second-order valence-electron chi connectivity index (χ2n) is 7.22. The zero-order valence-corrected chi connectivity index (χ0v) is 17.1. The Morgan fingerprint density at radius 3 is 3.18 bits per heavy atom. The molecule has 0 unspecified atom stereocenters. The molecule has 8 heteroatoms. The molecule has 6 nitrogen and oxygen atoms in total. The van der Waals surface area contributed by atoms with Crippen molar-refractivity contribution >= 4 is 22.9 Å². The van der Waals surface area contributed by atoms with Gasteiger partial charge >= 0.3 is 0 Å². The van der Waals surface area contributed by atoms with Gasteiger partial charge in [-0.1, -0.05) is 28.9 Å². The quantitative estimate of drug-likeness (QED) is 0.702. The van der Waals surface area contributed by atoms with Gasteiger partial charge in [0.1, 0.15) is 22.7 Å². The van der Waals surface area contributed by atoms with Gasteiger partial charge in [0.25, 0.3) is 0 Å². The Morgan fingerprint density at radius 2 is 2.29 bits per heavy atom. The first-order valence-electron chi connectivity index (χ1n) is 9.40. The summed E-state index contributed by atoms with van der Waals surface area (Å²) >= 11 is 7.97. The van der Waals surface area contributed by atoms with Gasteiger partial charge < -0.3 is 14.8 Å². The number of nitrogens with zero attached hydrogens (tertiary/aromatic N) is 3. The molecule has 3 aromatic rings. The molecule has 28 heavy (non-hydrogen) atoms. The molecule has 5 rings (SSSR count). The van der Waals surface area contributed by atoms with Crippen LogP contribution in [0.5, 0.6) is 5.75 Å². The van der Waals surface area contributed by atoms with Crippen LogP contribution in [0.3, 0.4) is 0 Å². The first kappa shape index (κ1) is 18.1. The van der Waals surface area contributed by atoms with Crippen LogP contribution in [0.25, 0.3) is 5.69 Å². The molecule has 1 N–H and O–H groups in total. The number of halogens is 1. The molecule has 4 heterocycles. The van der Waals surface area contributed by atoms with Crippen LogP contribution in [-0.4, -0.2) is 35.3 Å². The first-order valence-corrected chi connectivity index (χ1v) is 10.6. The lowest BCUT2D eigenvalue weighted by atomic mass is 9.82. The number of aromatic nitrogens is 3. The van der Waals surface area contributed by atoms with Crippen molar-refractivity contribution < 1.29 is 9.47 Å².